The van der Waals surface area contributed by atoms with Gasteiger partial charge in [-0.3, -0.25) is 13.9 Å². The molecular formula is C37H42ClN3O6S. The van der Waals surface area contributed by atoms with E-state index in [4.69, 9.17) is 21.1 Å². The van der Waals surface area contributed by atoms with Crippen molar-refractivity contribution >= 4 is 39.1 Å². The maximum atomic E-state index is 14.7. The maximum Gasteiger partial charge on any atom is 0.264 e. The molecule has 1 N–H and O–H groups in total. The third-order valence-corrected chi connectivity index (χ3v) is 10.1. The average Bonchev–Trinajstić information content (AvgIpc) is 3.09. The summed E-state index contributed by atoms with van der Waals surface area (Å²) in [5.74, 6) is -0.345. The van der Waals surface area contributed by atoms with Gasteiger partial charge in [-0.1, -0.05) is 78.7 Å². The number of aryl methyl sites for hydroxylation is 1. The molecule has 2 amide bonds. The topological polar surface area (TPSA) is 105 Å². The second-order valence-corrected chi connectivity index (χ2v) is 13.8. The summed E-state index contributed by atoms with van der Waals surface area (Å²) in [7, 11) is -1.44. The number of hydrogen-bond acceptors (Lipinski definition) is 6. The predicted molar refractivity (Wildman–Crippen MR) is 189 cm³/mol. The highest BCUT2D eigenvalue weighted by atomic mass is 35.5. The lowest BCUT2D eigenvalue weighted by Crippen LogP contribution is -2.54. The Morgan fingerprint density at radius 3 is 2.15 bits per heavy atom. The number of benzene rings is 4. The Morgan fingerprint density at radius 1 is 0.875 bits per heavy atom. The van der Waals surface area contributed by atoms with Gasteiger partial charge in [0.1, 0.15) is 24.1 Å². The van der Waals surface area contributed by atoms with Crippen molar-refractivity contribution in [3.8, 4) is 11.5 Å². The minimum absolute atomic E-state index is 0.00891. The molecule has 0 aromatic heterocycles. The van der Waals surface area contributed by atoms with Gasteiger partial charge in [0.15, 0.2) is 0 Å². The zero-order chi connectivity index (χ0) is 34.8. The number of nitrogens with one attached hydrogen (secondary N) is 1. The van der Waals surface area contributed by atoms with Gasteiger partial charge in [-0.05, 0) is 67.8 Å². The zero-order valence-corrected chi connectivity index (χ0v) is 29.4. The van der Waals surface area contributed by atoms with Gasteiger partial charge < -0.3 is 19.7 Å². The van der Waals surface area contributed by atoms with Crippen molar-refractivity contribution in [1.29, 1.82) is 0 Å². The highest BCUT2D eigenvalue weighted by Crippen LogP contribution is 2.36. The van der Waals surface area contributed by atoms with E-state index < -0.39 is 28.5 Å². The molecule has 0 heterocycles. The number of sulfonamides is 1. The first-order chi connectivity index (χ1) is 23.0. The van der Waals surface area contributed by atoms with E-state index in [-0.39, 0.29) is 41.2 Å². The molecular weight excluding hydrogens is 650 g/mol. The number of rotatable bonds is 15. The predicted octanol–water partition coefficient (Wildman–Crippen LogP) is 6.42. The lowest BCUT2D eigenvalue weighted by atomic mass is 10.0. The van der Waals surface area contributed by atoms with Crippen molar-refractivity contribution in [1.82, 2.24) is 10.2 Å². The van der Waals surface area contributed by atoms with Crippen LogP contribution in [0.4, 0.5) is 5.69 Å². The van der Waals surface area contributed by atoms with Gasteiger partial charge in [-0.15, -0.1) is 0 Å². The molecule has 0 spiro atoms. The molecule has 0 aliphatic rings. The second kappa shape index (κ2) is 16.5. The summed E-state index contributed by atoms with van der Waals surface area (Å²) in [6, 6.07) is 26.4. The van der Waals surface area contributed by atoms with Crippen LogP contribution >= 0.6 is 11.6 Å². The van der Waals surface area contributed by atoms with Gasteiger partial charge in [0, 0.05) is 30.1 Å². The SMILES string of the molecule is CC[C@H](C)NC(=O)[C@H](Cc1ccccc1)N(Cc1ccc(Cl)cc1)C(=O)CN(c1cc(OC)ccc1OC)S(=O)(=O)c1ccc(C)cc1. The van der Waals surface area contributed by atoms with Crippen LogP contribution in [0.15, 0.2) is 102 Å². The molecule has 2 atom stereocenters. The molecule has 0 aliphatic heterocycles. The van der Waals surface area contributed by atoms with Crippen molar-refractivity contribution in [2.75, 3.05) is 25.1 Å². The fourth-order valence-corrected chi connectivity index (χ4v) is 6.67. The minimum atomic E-state index is -4.33. The first kappa shape index (κ1) is 36.3. The number of hydrogen-bond donors (Lipinski definition) is 1. The van der Waals surface area contributed by atoms with Crippen molar-refractivity contribution in [2.45, 2.75) is 57.1 Å². The summed E-state index contributed by atoms with van der Waals surface area (Å²) in [6.07, 6.45) is 0.892. The van der Waals surface area contributed by atoms with Gasteiger partial charge in [0.05, 0.1) is 24.8 Å². The van der Waals surface area contributed by atoms with Crippen LogP contribution in [-0.2, 0) is 32.6 Å². The van der Waals surface area contributed by atoms with Crippen LogP contribution in [0.5, 0.6) is 11.5 Å². The highest BCUT2D eigenvalue weighted by Gasteiger charge is 2.36. The molecule has 254 valence electrons. The summed E-state index contributed by atoms with van der Waals surface area (Å²) >= 11 is 6.17. The Balaban J connectivity index is 1.87. The van der Waals surface area contributed by atoms with E-state index in [1.54, 1.807) is 48.5 Å². The fourth-order valence-electron chi connectivity index (χ4n) is 5.12. The van der Waals surface area contributed by atoms with Gasteiger partial charge in [0.25, 0.3) is 10.0 Å². The molecule has 0 aliphatic carbocycles. The van der Waals surface area contributed by atoms with Gasteiger partial charge in [-0.25, -0.2) is 8.42 Å². The van der Waals surface area contributed by atoms with E-state index in [1.807, 2.05) is 51.1 Å². The minimum Gasteiger partial charge on any atom is -0.497 e. The van der Waals surface area contributed by atoms with E-state index in [0.29, 0.717) is 22.8 Å². The van der Waals surface area contributed by atoms with Crippen molar-refractivity contribution in [3.05, 3.63) is 119 Å². The third-order valence-electron chi connectivity index (χ3n) is 8.08. The fraction of sp³-hybridized carbons (Fsp3) is 0.297. The number of nitrogens with zero attached hydrogens (tertiary/aromatic N) is 2. The summed E-state index contributed by atoms with van der Waals surface area (Å²) in [6.45, 7) is 5.11. The summed E-state index contributed by atoms with van der Waals surface area (Å²) < 4.78 is 40.8. The molecule has 4 rings (SSSR count). The standard InChI is InChI=1S/C37H42ClN3O6S/c1-6-27(3)39-37(43)34(22-28-10-8-7-9-11-28)40(24-29-14-16-30(38)17-15-29)36(42)25-41(33-23-31(46-4)18-21-35(33)47-5)48(44,45)32-19-12-26(2)13-20-32/h7-21,23,27,34H,6,22,24-25H2,1-5H3,(H,39,43)/t27-,34-/m0/s1. The lowest BCUT2D eigenvalue weighted by molar-refractivity contribution is -0.140. The first-order valence-corrected chi connectivity index (χ1v) is 17.5. The molecule has 11 heteroatoms. The molecule has 0 radical (unpaired) electrons. The first-order valence-electron chi connectivity index (χ1n) is 15.7. The van der Waals surface area contributed by atoms with E-state index in [0.717, 1.165) is 15.4 Å². The van der Waals surface area contributed by atoms with Crippen LogP contribution in [0.25, 0.3) is 0 Å². The number of anilines is 1. The van der Waals surface area contributed by atoms with Crippen LogP contribution in [0.3, 0.4) is 0 Å². The number of carbonyl (C=O) groups is 2. The molecule has 9 nitrogen and oxygen atoms in total. The molecule has 0 saturated heterocycles. The molecule has 0 bridgehead atoms. The number of amides is 2. The number of ether oxygens (including phenoxy) is 2. The Labute approximate surface area is 288 Å². The third kappa shape index (κ3) is 9.08. The molecule has 0 unspecified atom stereocenters. The number of methoxy groups -OCH3 is 2. The van der Waals surface area contributed by atoms with Crippen LogP contribution < -0.4 is 19.1 Å². The normalized spacial score (nSPS) is 12.5. The van der Waals surface area contributed by atoms with Crippen molar-refractivity contribution in [3.63, 3.8) is 0 Å². The Bertz CT molecular complexity index is 1780. The van der Waals surface area contributed by atoms with Crippen LogP contribution in [0.1, 0.15) is 37.0 Å². The molecule has 4 aromatic rings. The van der Waals surface area contributed by atoms with E-state index >= 15 is 0 Å². The van der Waals surface area contributed by atoms with E-state index in [1.165, 1.54) is 37.3 Å². The maximum absolute atomic E-state index is 14.7. The number of halogens is 1. The Morgan fingerprint density at radius 2 is 1.54 bits per heavy atom. The largest absolute Gasteiger partial charge is 0.497 e. The quantitative estimate of drug-likeness (QED) is 0.154. The molecule has 0 saturated carbocycles. The summed E-state index contributed by atoms with van der Waals surface area (Å²) in [4.78, 5) is 30.2. The van der Waals surface area contributed by atoms with Gasteiger partial charge >= 0.3 is 0 Å². The van der Waals surface area contributed by atoms with Gasteiger partial charge in [0.2, 0.25) is 11.8 Å². The van der Waals surface area contributed by atoms with Crippen LogP contribution in [-0.4, -0.2) is 58.0 Å². The highest BCUT2D eigenvalue weighted by molar-refractivity contribution is 7.92. The van der Waals surface area contributed by atoms with Crippen LogP contribution in [0, 0.1) is 6.92 Å². The zero-order valence-electron chi connectivity index (χ0n) is 27.9. The molecule has 0 fully saturated rings. The van der Waals surface area contributed by atoms with E-state index in [9.17, 15) is 18.0 Å². The average molecular weight is 692 g/mol. The molecule has 48 heavy (non-hydrogen) atoms. The lowest BCUT2D eigenvalue weighted by Gasteiger charge is -2.34. The monoisotopic (exact) mass is 691 g/mol. The second-order valence-electron chi connectivity index (χ2n) is 11.5. The van der Waals surface area contributed by atoms with Crippen molar-refractivity contribution < 1.29 is 27.5 Å². The smallest absolute Gasteiger partial charge is 0.264 e. The van der Waals surface area contributed by atoms with Crippen molar-refractivity contribution in [2.24, 2.45) is 0 Å². The molecule has 4 aromatic carbocycles. The van der Waals surface area contributed by atoms with Gasteiger partial charge in [-0.2, -0.15) is 0 Å². The van der Waals surface area contributed by atoms with E-state index in [2.05, 4.69) is 5.32 Å². The summed E-state index contributed by atoms with van der Waals surface area (Å²) in [5.41, 5.74) is 2.55. The van der Waals surface area contributed by atoms with Crippen LogP contribution in [0.2, 0.25) is 5.02 Å². The Hall–Kier alpha value is -4.54. The number of carbonyl (C=O) groups excluding carboxylic acids is 2. The Kier molecular flexibility index (Phi) is 12.5. The summed E-state index contributed by atoms with van der Waals surface area (Å²) in [5, 5.41) is 3.56.